The van der Waals surface area contributed by atoms with Crippen LogP contribution in [0.4, 0.5) is 5.69 Å². The van der Waals surface area contributed by atoms with E-state index in [0.717, 1.165) is 6.07 Å². The maximum atomic E-state index is 12.8. The van der Waals surface area contributed by atoms with Gasteiger partial charge in [0.15, 0.2) is 11.5 Å². The highest BCUT2D eigenvalue weighted by molar-refractivity contribution is 5.99. The minimum absolute atomic E-state index is 0. The second-order valence-corrected chi connectivity index (χ2v) is 7.01. The van der Waals surface area contributed by atoms with Gasteiger partial charge in [0.1, 0.15) is 0 Å². The minimum atomic E-state index is -1.50. The topological polar surface area (TPSA) is 179 Å². The van der Waals surface area contributed by atoms with Gasteiger partial charge < -0.3 is 31.2 Å². The lowest BCUT2D eigenvalue weighted by molar-refractivity contribution is -0.145. The van der Waals surface area contributed by atoms with Crippen LogP contribution in [0.25, 0.3) is 0 Å². The Bertz CT molecular complexity index is 1090. The Balaban J connectivity index is 0.00000363. The fourth-order valence-corrected chi connectivity index (χ4v) is 3.37. The number of nitrogens with two attached hydrogens (primary N) is 2. The summed E-state index contributed by atoms with van der Waals surface area (Å²) >= 11 is 0. The number of carbonyl (C=O) groups excluding carboxylic acids is 2. The summed E-state index contributed by atoms with van der Waals surface area (Å²) in [6, 6.07) is 7.04. The van der Waals surface area contributed by atoms with Gasteiger partial charge in [0, 0.05) is 5.69 Å². The van der Waals surface area contributed by atoms with E-state index in [1.807, 2.05) is 0 Å². The number of ether oxygens (including phenoxy) is 2. The number of amides is 1. The van der Waals surface area contributed by atoms with Crippen molar-refractivity contribution in [3.63, 3.8) is 0 Å². The number of benzene rings is 2. The summed E-state index contributed by atoms with van der Waals surface area (Å²) in [4.78, 5) is 47.6. The summed E-state index contributed by atoms with van der Waals surface area (Å²) in [7, 11) is 0. The van der Waals surface area contributed by atoms with E-state index in [-0.39, 0.29) is 47.2 Å². The minimum Gasteiger partial charge on any atom is -0.489 e. The molecule has 0 saturated carbocycles. The van der Waals surface area contributed by atoms with E-state index in [1.165, 1.54) is 12.1 Å². The smallest absolute Gasteiger partial charge is 0.343 e. The molecule has 0 unspecified atom stereocenters. The zero-order valence-electron chi connectivity index (χ0n) is 16.7. The SMILES string of the molecule is Cl.NC(=O)c1cc([C@H](CC(=O)O)C(=O)O)cc2c1OCCCc1cc(N)ccc1C(=O)O2. The van der Waals surface area contributed by atoms with E-state index in [9.17, 15) is 24.3 Å². The number of nitrogen functional groups attached to an aromatic ring is 1. The number of aryl methyl sites for hydroxylation is 1. The highest BCUT2D eigenvalue weighted by atomic mass is 35.5. The molecule has 0 radical (unpaired) electrons. The number of halogens is 1. The molecule has 3 rings (SSSR count). The van der Waals surface area contributed by atoms with Gasteiger partial charge in [-0.3, -0.25) is 14.4 Å². The quantitative estimate of drug-likeness (QED) is 0.292. The Morgan fingerprint density at radius 2 is 1.84 bits per heavy atom. The molecule has 1 aliphatic rings. The molecule has 0 aliphatic carbocycles. The average Bonchev–Trinajstić information content (AvgIpc) is 2.69. The number of carboxylic acids is 2. The van der Waals surface area contributed by atoms with E-state index in [4.69, 9.17) is 26.0 Å². The predicted octanol–water partition coefficient (Wildman–Crippen LogP) is 1.98. The number of primary amides is 1. The number of carbonyl (C=O) groups is 4. The summed E-state index contributed by atoms with van der Waals surface area (Å²) in [6.45, 7) is 0.149. The molecule has 0 bridgehead atoms. The third kappa shape index (κ3) is 5.27. The molecule has 0 spiro atoms. The number of fused-ring (bicyclic) bond motifs is 2. The molecule has 2 aromatic rings. The van der Waals surface area contributed by atoms with Crippen molar-refractivity contribution in [2.45, 2.75) is 25.2 Å². The van der Waals surface area contributed by atoms with Crippen molar-refractivity contribution < 1.29 is 38.9 Å². The van der Waals surface area contributed by atoms with E-state index < -0.39 is 36.2 Å². The van der Waals surface area contributed by atoms with Gasteiger partial charge in [-0.15, -0.1) is 12.4 Å². The van der Waals surface area contributed by atoms with Gasteiger partial charge in [-0.05, 0) is 54.3 Å². The standard InChI is InChI=1S/C21H20N2O8.ClH/c22-12-3-4-13-10(6-12)2-1-5-30-18-15(19(23)26)7-11(8-16(18)31-21(13)29)14(20(27)28)9-17(24)25;/h3-4,6-8,14H,1-2,5,9,22H2,(H2,23,26)(H,24,25)(H,27,28);1H/t14-;/m0./s1. The molecule has 1 aliphatic heterocycles. The largest absolute Gasteiger partial charge is 0.489 e. The Morgan fingerprint density at radius 3 is 2.47 bits per heavy atom. The van der Waals surface area contributed by atoms with Gasteiger partial charge in [-0.2, -0.15) is 0 Å². The summed E-state index contributed by atoms with van der Waals surface area (Å²) in [5.74, 6) is -6.32. The number of hydrogen-bond donors (Lipinski definition) is 4. The second kappa shape index (κ2) is 10.0. The fraction of sp³-hybridized carbons (Fsp3) is 0.238. The van der Waals surface area contributed by atoms with Crippen molar-refractivity contribution in [2.24, 2.45) is 5.73 Å². The fourth-order valence-electron chi connectivity index (χ4n) is 3.37. The number of aliphatic carboxylic acids is 2. The highest BCUT2D eigenvalue weighted by Crippen LogP contribution is 2.37. The number of esters is 1. The maximum Gasteiger partial charge on any atom is 0.343 e. The molecule has 1 amide bonds. The van der Waals surface area contributed by atoms with Gasteiger partial charge in [-0.1, -0.05) is 0 Å². The molecular weight excluding hydrogens is 444 g/mol. The van der Waals surface area contributed by atoms with Crippen LogP contribution in [0.1, 0.15) is 50.6 Å². The van der Waals surface area contributed by atoms with E-state index in [1.54, 1.807) is 12.1 Å². The lowest BCUT2D eigenvalue weighted by atomic mass is 9.93. The van der Waals surface area contributed by atoms with Crippen LogP contribution in [-0.2, 0) is 16.0 Å². The highest BCUT2D eigenvalue weighted by Gasteiger charge is 2.29. The molecule has 6 N–H and O–H groups in total. The summed E-state index contributed by atoms with van der Waals surface area (Å²) in [5, 5.41) is 18.5. The second-order valence-electron chi connectivity index (χ2n) is 7.01. The normalized spacial score (nSPS) is 13.8. The van der Waals surface area contributed by atoms with Gasteiger partial charge in [0.05, 0.1) is 30.1 Å². The maximum absolute atomic E-state index is 12.8. The molecule has 11 heteroatoms. The third-order valence-electron chi connectivity index (χ3n) is 4.81. The molecule has 0 aromatic heterocycles. The Kier molecular flexibility index (Phi) is 7.66. The van der Waals surface area contributed by atoms with Gasteiger partial charge in [-0.25, -0.2) is 4.79 Å². The van der Waals surface area contributed by atoms with Crippen LogP contribution in [0, 0.1) is 0 Å². The molecule has 0 fully saturated rings. The molecule has 32 heavy (non-hydrogen) atoms. The third-order valence-corrected chi connectivity index (χ3v) is 4.81. The lowest BCUT2D eigenvalue weighted by Crippen LogP contribution is -2.21. The van der Waals surface area contributed by atoms with Crippen molar-refractivity contribution in [3.8, 4) is 11.5 Å². The van der Waals surface area contributed by atoms with E-state index in [0.29, 0.717) is 24.1 Å². The van der Waals surface area contributed by atoms with Gasteiger partial charge in [0.2, 0.25) is 0 Å². The monoisotopic (exact) mass is 464 g/mol. The molecule has 1 heterocycles. The first-order valence-electron chi connectivity index (χ1n) is 9.33. The van der Waals surface area contributed by atoms with Gasteiger partial charge >= 0.3 is 17.9 Å². The first kappa shape index (κ1) is 24.5. The predicted molar refractivity (Wildman–Crippen MR) is 114 cm³/mol. The molecule has 0 saturated heterocycles. The molecule has 1 atom stereocenters. The van der Waals surface area contributed by atoms with Crippen LogP contribution in [-0.4, -0.2) is 40.6 Å². The van der Waals surface area contributed by atoms with Crippen LogP contribution < -0.4 is 20.9 Å². The number of hydrogen-bond acceptors (Lipinski definition) is 7. The Labute approximate surface area is 188 Å². The van der Waals surface area contributed by atoms with Crippen molar-refractivity contribution >= 4 is 41.9 Å². The summed E-state index contributed by atoms with van der Waals surface area (Å²) < 4.78 is 11.1. The summed E-state index contributed by atoms with van der Waals surface area (Å²) in [5.41, 5.74) is 12.3. The average molecular weight is 465 g/mol. The number of rotatable bonds is 5. The van der Waals surface area contributed by atoms with E-state index >= 15 is 0 Å². The van der Waals surface area contributed by atoms with Gasteiger partial charge in [0.25, 0.3) is 5.91 Å². The molecule has 170 valence electrons. The zero-order valence-corrected chi connectivity index (χ0v) is 17.5. The number of anilines is 1. The van der Waals surface area contributed by atoms with Crippen LogP contribution >= 0.6 is 12.4 Å². The molecule has 10 nitrogen and oxygen atoms in total. The van der Waals surface area contributed by atoms with Crippen LogP contribution in [0.5, 0.6) is 11.5 Å². The van der Waals surface area contributed by atoms with Crippen molar-refractivity contribution in [1.82, 2.24) is 0 Å². The van der Waals surface area contributed by atoms with Crippen LogP contribution in [0.3, 0.4) is 0 Å². The Morgan fingerprint density at radius 1 is 1.12 bits per heavy atom. The van der Waals surface area contributed by atoms with Crippen molar-refractivity contribution in [2.75, 3.05) is 12.3 Å². The van der Waals surface area contributed by atoms with Crippen LogP contribution in [0.2, 0.25) is 0 Å². The zero-order chi connectivity index (χ0) is 22.7. The first-order chi connectivity index (χ1) is 14.7. The lowest BCUT2D eigenvalue weighted by Gasteiger charge is -2.20. The Hall–Kier alpha value is -3.79. The molecule has 2 aromatic carbocycles. The van der Waals surface area contributed by atoms with Crippen molar-refractivity contribution in [3.05, 3.63) is 52.6 Å². The van der Waals surface area contributed by atoms with Crippen molar-refractivity contribution in [1.29, 1.82) is 0 Å². The van der Waals surface area contributed by atoms with E-state index in [2.05, 4.69) is 0 Å². The summed E-state index contributed by atoms with van der Waals surface area (Å²) in [6.07, 6.45) is 0.206. The molecular formula is C21H21ClN2O8. The number of carboxylic acid groups (broad SMARTS) is 2. The van der Waals surface area contributed by atoms with Crippen LogP contribution in [0.15, 0.2) is 30.3 Å². The first-order valence-corrected chi connectivity index (χ1v) is 9.33.